The van der Waals surface area contributed by atoms with Gasteiger partial charge < -0.3 is 9.47 Å². The van der Waals surface area contributed by atoms with Crippen molar-refractivity contribution in [3.63, 3.8) is 0 Å². The Bertz CT molecular complexity index is 910. The Morgan fingerprint density at radius 3 is 2.53 bits per heavy atom. The fraction of sp³-hybridized carbons (Fsp3) is 0.565. The van der Waals surface area contributed by atoms with E-state index in [9.17, 15) is 14.4 Å². The number of rotatable bonds is 4. The first-order valence-electron chi connectivity index (χ1n) is 10.6. The Morgan fingerprint density at radius 2 is 1.90 bits per heavy atom. The predicted octanol–water partition coefficient (Wildman–Crippen LogP) is 4.06. The molecule has 1 aromatic rings. The first-order valence-corrected chi connectivity index (χ1v) is 11.4. The Balaban J connectivity index is 1.75. The molecule has 0 bridgehead atoms. The van der Waals surface area contributed by atoms with Crippen LogP contribution >= 0.6 is 11.3 Å². The van der Waals surface area contributed by atoms with Crippen LogP contribution in [-0.2, 0) is 23.9 Å². The molecule has 30 heavy (non-hydrogen) atoms. The van der Waals surface area contributed by atoms with Crippen molar-refractivity contribution in [2.75, 3.05) is 7.11 Å². The number of methoxy groups -OCH3 is 1. The van der Waals surface area contributed by atoms with Crippen molar-refractivity contribution in [2.24, 2.45) is 22.7 Å². The molecular weight excluding hydrogens is 402 g/mol. The lowest BCUT2D eigenvalue weighted by Gasteiger charge is -2.37. The summed E-state index contributed by atoms with van der Waals surface area (Å²) in [4.78, 5) is 44.8. The van der Waals surface area contributed by atoms with Crippen LogP contribution in [0.1, 0.15) is 56.7 Å². The van der Waals surface area contributed by atoms with Gasteiger partial charge in [0, 0.05) is 27.8 Å². The Kier molecular flexibility index (Phi) is 5.91. The van der Waals surface area contributed by atoms with E-state index in [-0.39, 0.29) is 23.8 Å². The SMILES string of the molecule is COC(=O)C1C(=O)C2=C(CC1C)N=C(C)C(C(=O)OC1CCCC1)C2c1cccs1. The van der Waals surface area contributed by atoms with E-state index >= 15 is 0 Å². The van der Waals surface area contributed by atoms with Gasteiger partial charge in [0.25, 0.3) is 0 Å². The molecular formula is C23H27NO5S. The van der Waals surface area contributed by atoms with Crippen LogP contribution in [-0.4, -0.2) is 36.6 Å². The normalized spacial score (nSPS) is 29.4. The number of ketones is 1. The lowest BCUT2D eigenvalue weighted by atomic mass is 9.68. The van der Waals surface area contributed by atoms with Crippen LogP contribution in [0.3, 0.4) is 0 Å². The smallest absolute Gasteiger partial charge is 0.316 e. The second-order valence-electron chi connectivity index (χ2n) is 8.47. The van der Waals surface area contributed by atoms with Crippen molar-refractivity contribution < 1.29 is 23.9 Å². The number of allylic oxidation sites excluding steroid dienone is 2. The zero-order valence-electron chi connectivity index (χ0n) is 17.6. The fourth-order valence-electron chi connectivity index (χ4n) is 5.02. The number of thiophene rings is 1. The summed E-state index contributed by atoms with van der Waals surface area (Å²) in [5.41, 5.74) is 1.84. The molecule has 1 saturated carbocycles. The summed E-state index contributed by atoms with van der Waals surface area (Å²) in [6.45, 7) is 3.71. The van der Waals surface area contributed by atoms with Gasteiger partial charge in [0.2, 0.25) is 0 Å². The van der Waals surface area contributed by atoms with Crippen LogP contribution in [0.15, 0.2) is 33.8 Å². The van der Waals surface area contributed by atoms with Gasteiger partial charge in [0.15, 0.2) is 5.78 Å². The predicted molar refractivity (Wildman–Crippen MR) is 113 cm³/mol. The van der Waals surface area contributed by atoms with Crippen molar-refractivity contribution in [1.82, 2.24) is 0 Å². The minimum absolute atomic E-state index is 0.0606. The number of Topliss-reactive ketones (excluding diaryl/α,β-unsaturated/α-hetero) is 1. The van der Waals surface area contributed by atoms with E-state index < -0.39 is 23.7 Å². The van der Waals surface area contributed by atoms with Crippen LogP contribution in [0.5, 0.6) is 0 Å². The molecule has 0 radical (unpaired) electrons. The molecule has 160 valence electrons. The van der Waals surface area contributed by atoms with E-state index in [1.165, 1.54) is 18.4 Å². The summed E-state index contributed by atoms with van der Waals surface area (Å²) in [7, 11) is 1.30. The van der Waals surface area contributed by atoms with Gasteiger partial charge in [-0.05, 0) is 56.4 Å². The van der Waals surface area contributed by atoms with Gasteiger partial charge in [0.1, 0.15) is 17.9 Å². The van der Waals surface area contributed by atoms with Gasteiger partial charge in [-0.1, -0.05) is 13.0 Å². The molecule has 2 heterocycles. The van der Waals surface area contributed by atoms with Gasteiger partial charge in [-0.2, -0.15) is 0 Å². The molecule has 7 heteroatoms. The molecule has 3 aliphatic rings. The third kappa shape index (κ3) is 3.64. The molecule has 1 aliphatic heterocycles. The minimum Gasteiger partial charge on any atom is -0.468 e. The van der Waals surface area contributed by atoms with Crippen LogP contribution in [0.4, 0.5) is 0 Å². The monoisotopic (exact) mass is 429 g/mol. The molecule has 4 atom stereocenters. The molecule has 1 aromatic heterocycles. The molecule has 0 spiro atoms. The number of esters is 2. The van der Waals surface area contributed by atoms with E-state index in [4.69, 9.17) is 9.47 Å². The average molecular weight is 430 g/mol. The van der Waals surface area contributed by atoms with Crippen molar-refractivity contribution >= 4 is 34.8 Å². The second-order valence-corrected chi connectivity index (χ2v) is 9.45. The summed E-state index contributed by atoms with van der Waals surface area (Å²) in [6.07, 6.45) is 4.34. The van der Waals surface area contributed by atoms with E-state index in [2.05, 4.69) is 4.99 Å². The molecule has 0 N–H and O–H groups in total. The van der Waals surface area contributed by atoms with Crippen molar-refractivity contribution in [1.29, 1.82) is 0 Å². The number of ether oxygens (including phenoxy) is 2. The summed E-state index contributed by atoms with van der Waals surface area (Å²) < 4.78 is 10.8. The van der Waals surface area contributed by atoms with E-state index in [1.807, 2.05) is 31.4 Å². The number of carbonyl (C=O) groups excluding carboxylic acids is 3. The molecule has 4 rings (SSSR count). The van der Waals surface area contributed by atoms with Crippen molar-refractivity contribution in [3.8, 4) is 0 Å². The summed E-state index contributed by atoms with van der Waals surface area (Å²) >= 11 is 1.50. The number of carbonyl (C=O) groups is 3. The lowest BCUT2D eigenvalue weighted by molar-refractivity contribution is -0.151. The highest BCUT2D eigenvalue weighted by Gasteiger charge is 2.49. The van der Waals surface area contributed by atoms with Crippen molar-refractivity contribution in [3.05, 3.63) is 33.7 Å². The highest BCUT2D eigenvalue weighted by atomic mass is 32.1. The molecule has 2 aliphatic carbocycles. The maximum Gasteiger partial charge on any atom is 0.316 e. The molecule has 6 nitrogen and oxygen atoms in total. The topological polar surface area (TPSA) is 82.0 Å². The molecule has 4 unspecified atom stereocenters. The third-order valence-electron chi connectivity index (χ3n) is 6.49. The van der Waals surface area contributed by atoms with Crippen LogP contribution in [0.2, 0.25) is 0 Å². The maximum absolute atomic E-state index is 13.5. The maximum atomic E-state index is 13.5. The number of nitrogens with zero attached hydrogens (tertiary/aromatic N) is 1. The summed E-state index contributed by atoms with van der Waals surface area (Å²) in [5, 5.41) is 1.93. The Labute approximate surface area is 180 Å². The van der Waals surface area contributed by atoms with Crippen molar-refractivity contribution in [2.45, 2.75) is 58.0 Å². The van der Waals surface area contributed by atoms with Gasteiger partial charge in [-0.25, -0.2) is 0 Å². The highest BCUT2D eigenvalue weighted by molar-refractivity contribution is 7.10. The first-order chi connectivity index (χ1) is 14.4. The molecule has 0 saturated heterocycles. The van der Waals surface area contributed by atoms with E-state index in [1.54, 1.807) is 0 Å². The first kappa shape index (κ1) is 21.0. The average Bonchev–Trinajstić information content (AvgIpc) is 3.40. The van der Waals surface area contributed by atoms with Gasteiger partial charge >= 0.3 is 11.9 Å². The number of aliphatic imine (C=N–C) groups is 1. The van der Waals surface area contributed by atoms with Gasteiger partial charge in [-0.3, -0.25) is 19.4 Å². The number of hydrogen-bond acceptors (Lipinski definition) is 7. The Hall–Kier alpha value is -2.28. The second kappa shape index (κ2) is 8.46. The number of hydrogen-bond donors (Lipinski definition) is 0. The fourth-order valence-corrected chi connectivity index (χ4v) is 5.89. The molecule has 0 amide bonds. The summed E-state index contributed by atoms with van der Waals surface area (Å²) in [6, 6.07) is 3.85. The van der Waals surface area contributed by atoms with E-state index in [0.29, 0.717) is 23.4 Å². The van der Waals surface area contributed by atoms with Gasteiger partial charge in [0.05, 0.1) is 7.11 Å². The van der Waals surface area contributed by atoms with Crippen LogP contribution in [0.25, 0.3) is 0 Å². The molecule has 0 aromatic carbocycles. The summed E-state index contributed by atoms with van der Waals surface area (Å²) in [5.74, 6) is -3.32. The minimum atomic E-state index is -0.865. The van der Waals surface area contributed by atoms with Crippen LogP contribution < -0.4 is 0 Å². The standard InChI is InChI=1S/C23H27NO5S/c1-12-11-15-19(21(25)17(12)22(26)28-3)20(16-9-6-10-30-16)18(13(2)24-15)23(27)29-14-7-4-5-8-14/h6,9-10,12,14,17-18,20H,4-5,7-8,11H2,1-3H3. The molecule has 1 fully saturated rings. The zero-order valence-corrected chi connectivity index (χ0v) is 18.4. The van der Waals surface area contributed by atoms with Gasteiger partial charge in [-0.15, -0.1) is 11.3 Å². The third-order valence-corrected chi connectivity index (χ3v) is 7.45. The largest absolute Gasteiger partial charge is 0.468 e. The van der Waals surface area contributed by atoms with Crippen LogP contribution in [0, 0.1) is 17.8 Å². The lowest BCUT2D eigenvalue weighted by Crippen LogP contribution is -2.43. The van der Waals surface area contributed by atoms with E-state index in [0.717, 1.165) is 30.6 Å². The Morgan fingerprint density at radius 1 is 1.17 bits per heavy atom. The quantitative estimate of drug-likeness (QED) is 0.532. The zero-order chi connectivity index (χ0) is 21.4. The highest BCUT2D eigenvalue weighted by Crippen LogP contribution is 2.47.